The van der Waals surface area contributed by atoms with Crippen LogP contribution in [-0.4, -0.2) is 30.4 Å². The molecule has 104 valence electrons. The van der Waals surface area contributed by atoms with Gasteiger partial charge in [0.1, 0.15) is 5.75 Å². The minimum absolute atomic E-state index is 0.141. The fraction of sp³-hybridized carbons (Fsp3) is 0.500. The molecule has 1 aromatic rings. The molecule has 5 heteroatoms. The van der Waals surface area contributed by atoms with Crippen molar-refractivity contribution in [1.29, 1.82) is 0 Å². The van der Waals surface area contributed by atoms with Crippen LogP contribution < -0.4 is 10.6 Å². The van der Waals surface area contributed by atoms with E-state index in [2.05, 4.69) is 10.6 Å². The SMILES string of the molecule is C[C@H](NC(=O)NC[C@@H]1CCCO1)c1cccc(O)c1. The molecule has 3 N–H and O–H groups in total. The Balaban J connectivity index is 1.77. The van der Waals surface area contributed by atoms with E-state index >= 15 is 0 Å². The van der Waals surface area contributed by atoms with E-state index in [-0.39, 0.29) is 23.9 Å². The van der Waals surface area contributed by atoms with Gasteiger partial charge < -0.3 is 20.5 Å². The number of hydrogen-bond acceptors (Lipinski definition) is 3. The standard InChI is InChI=1S/C14H20N2O3/c1-10(11-4-2-5-12(17)8-11)16-14(18)15-9-13-6-3-7-19-13/h2,4-5,8,10,13,17H,3,6-7,9H2,1H3,(H2,15,16,18)/t10-,13-/m0/s1. The van der Waals surface area contributed by atoms with Crippen molar-refractivity contribution in [2.24, 2.45) is 0 Å². The number of carbonyl (C=O) groups excluding carboxylic acids is 1. The summed E-state index contributed by atoms with van der Waals surface area (Å²) in [6, 6.07) is 6.50. The molecule has 5 nitrogen and oxygen atoms in total. The first-order valence-corrected chi connectivity index (χ1v) is 6.60. The second-order valence-corrected chi connectivity index (χ2v) is 4.81. The van der Waals surface area contributed by atoms with E-state index in [0.717, 1.165) is 25.0 Å². The summed E-state index contributed by atoms with van der Waals surface area (Å²) in [6.45, 7) is 3.20. The zero-order valence-corrected chi connectivity index (χ0v) is 11.1. The average Bonchev–Trinajstić information content (AvgIpc) is 2.89. The van der Waals surface area contributed by atoms with E-state index in [1.165, 1.54) is 0 Å². The molecule has 0 radical (unpaired) electrons. The molecular weight excluding hydrogens is 244 g/mol. The first kappa shape index (κ1) is 13.7. The molecule has 1 fully saturated rings. The van der Waals surface area contributed by atoms with Gasteiger partial charge in [-0.2, -0.15) is 0 Å². The van der Waals surface area contributed by atoms with Gasteiger partial charge in [0.05, 0.1) is 12.1 Å². The molecule has 0 unspecified atom stereocenters. The van der Waals surface area contributed by atoms with Crippen LogP contribution in [0.3, 0.4) is 0 Å². The maximum absolute atomic E-state index is 11.7. The Hall–Kier alpha value is -1.75. The van der Waals surface area contributed by atoms with Gasteiger partial charge in [-0.15, -0.1) is 0 Å². The van der Waals surface area contributed by atoms with E-state index in [1.807, 2.05) is 13.0 Å². The summed E-state index contributed by atoms with van der Waals surface area (Å²) < 4.78 is 5.43. The Morgan fingerprint density at radius 2 is 2.42 bits per heavy atom. The van der Waals surface area contributed by atoms with E-state index in [0.29, 0.717) is 6.54 Å². The first-order chi connectivity index (χ1) is 9.15. The summed E-state index contributed by atoms with van der Waals surface area (Å²) in [5.41, 5.74) is 0.868. The predicted molar refractivity (Wildman–Crippen MR) is 72.0 cm³/mol. The smallest absolute Gasteiger partial charge is 0.315 e. The van der Waals surface area contributed by atoms with Crippen molar-refractivity contribution >= 4 is 6.03 Å². The largest absolute Gasteiger partial charge is 0.508 e. The van der Waals surface area contributed by atoms with Crippen LogP contribution in [-0.2, 0) is 4.74 Å². The number of phenolic OH excluding ortho intramolecular Hbond substituents is 1. The number of benzene rings is 1. The minimum atomic E-state index is -0.216. The molecule has 2 rings (SSSR count). The number of nitrogens with one attached hydrogen (secondary N) is 2. The monoisotopic (exact) mass is 264 g/mol. The van der Waals surface area contributed by atoms with Gasteiger partial charge in [0, 0.05) is 13.2 Å². The highest BCUT2D eigenvalue weighted by Gasteiger charge is 2.16. The van der Waals surface area contributed by atoms with Crippen LogP contribution in [0.5, 0.6) is 5.75 Å². The van der Waals surface area contributed by atoms with Crippen molar-refractivity contribution < 1.29 is 14.6 Å². The molecule has 0 bridgehead atoms. The number of rotatable bonds is 4. The molecule has 1 heterocycles. The van der Waals surface area contributed by atoms with E-state index < -0.39 is 0 Å². The molecule has 19 heavy (non-hydrogen) atoms. The lowest BCUT2D eigenvalue weighted by atomic mass is 10.1. The van der Waals surface area contributed by atoms with Crippen LogP contribution in [0.15, 0.2) is 24.3 Å². The summed E-state index contributed by atoms with van der Waals surface area (Å²) in [7, 11) is 0. The van der Waals surface area contributed by atoms with Gasteiger partial charge in [0.25, 0.3) is 0 Å². The van der Waals surface area contributed by atoms with Crippen molar-refractivity contribution in [3.63, 3.8) is 0 Å². The van der Waals surface area contributed by atoms with Gasteiger partial charge in [0.15, 0.2) is 0 Å². The van der Waals surface area contributed by atoms with Gasteiger partial charge in [-0.1, -0.05) is 12.1 Å². The maximum Gasteiger partial charge on any atom is 0.315 e. The molecule has 1 aliphatic heterocycles. The van der Waals surface area contributed by atoms with Crippen LogP contribution in [0, 0.1) is 0 Å². The Morgan fingerprint density at radius 3 is 3.11 bits per heavy atom. The fourth-order valence-electron chi connectivity index (χ4n) is 2.14. The molecule has 1 aliphatic rings. The first-order valence-electron chi connectivity index (χ1n) is 6.60. The molecule has 2 atom stereocenters. The predicted octanol–water partition coefficient (Wildman–Crippen LogP) is 1.93. The van der Waals surface area contributed by atoms with Crippen LogP contribution in [0.4, 0.5) is 4.79 Å². The van der Waals surface area contributed by atoms with Crippen LogP contribution in [0.25, 0.3) is 0 Å². The Bertz CT molecular complexity index is 430. The number of phenols is 1. The number of ether oxygens (including phenoxy) is 1. The number of carbonyl (C=O) groups is 1. The summed E-state index contributed by atoms with van der Waals surface area (Å²) in [6.07, 6.45) is 2.21. The summed E-state index contributed by atoms with van der Waals surface area (Å²) in [5.74, 6) is 0.200. The average molecular weight is 264 g/mol. The third-order valence-electron chi connectivity index (χ3n) is 3.23. The van der Waals surface area contributed by atoms with Crippen molar-refractivity contribution in [1.82, 2.24) is 10.6 Å². The molecule has 1 aromatic carbocycles. The summed E-state index contributed by atoms with van der Waals surface area (Å²) in [4.78, 5) is 11.7. The van der Waals surface area contributed by atoms with Crippen molar-refractivity contribution in [3.05, 3.63) is 29.8 Å². The highest BCUT2D eigenvalue weighted by Crippen LogP contribution is 2.17. The van der Waals surface area contributed by atoms with Crippen molar-refractivity contribution in [2.75, 3.05) is 13.2 Å². The van der Waals surface area contributed by atoms with Gasteiger partial charge in [-0.05, 0) is 37.5 Å². The third-order valence-corrected chi connectivity index (χ3v) is 3.23. The maximum atomic E-state index is 11.7. The second kappa shape index (κ2) is 6.43. The van der Waals surface area contributed by atoms with Crippen molar-refractivity contribution in [2.45, 2.75) is 31.9 Å². The minimum Gasteiger partial charge on any atom is -0.508 e. The van der Waals surface area contributed by atoms with E-state index in [9.17, 15) is 9.90 Å². The van der Waals surface area contributed by atoms with Gasteiger partial charge in [-0.3, -0.25) is 0 Å². The number of aromatic hydroxyl groups is 1. The molecule has 2 amide bonds. The fourth-order valence-corrected chi connectivity index (χ4v) is 2.14. The Kier molecular flexibility index (Phi) is 4.63. The van der Waals surface area contributed by atoms with Crippen LogP contribution in [0.1, 0.15) is 31.4 Å². The number of hydrogen-bond donors (Lipinski definition) is 3. The van der Waals surface area contributed by atoms with Crippen molar-refractivity contribution in [3.8, 4) is 5.75 Å². The van der Waals surface area contributed by atoms with Gasteiger partial charge in [0.2, 0.25) is 0 Å². The quantitative estimate of drug-likeness (QED) is 0.778. The molecule has 0 aromatic heterocycles. The van der Waals surface area contributed by atoms with E-state index in [4.69, 9.17) is 4.74 Å². The lowest BCUT2D eigenvalue weighted by Gasteiger charge is -2.16. The normalized spacial score (nSPS) is 19.9. The lowest BCUT2D eigenvalue weighted by molar-refractivity contribution is 0.111. The van der Waals surface area contributed by atoms with Gasteiger partial charge in [-0.25, -0.2) is 4.79 Å². The highest BCUT2D eigenvalue weighted by molar-refractivity contribution is 5.74. The Labute approximate surface area is 113 Å². The molecule has 0 aliphatic carbocycles. The number of amides is 2. The van der Waals surface area contributed by atoms with Crippen LogP contribution >= 0.6 is 0 Å². The Morgan fingerprint density at radius 1 is 1.58 bits per heavy atom. The molecule has 0 saturated carbocycles. The molecule has 1 saturated heterocycles. The van der Waals surface area contributed by atoms with Gasteiger partial charge >= 0.3 is 6.03 Å². The summed E-state index contributed by atoms with van der Waals surface area (Å²) >= 11 is 0. The number of urea groups is 1. The highest BCUT2D eigenvalue weighted by atomic mass is 16.5. The lowest BCUT2D eigenvalue weighted by Crippen LogP contribution is -2.40. The summed E-state index contributed by atoms with van der Waals surface area (Å²) in [5, 5.41) is 15.0. The topological polar surface area (TPSA) is 70.6 Å². The zero-order valence-electron chi connectivity index (χ0n) is 11.1. The second-order valence-electron chi connectivity index (χ2n) is 4.81. The zero-order chi connectivity index (χ0) is 13.7. The molecule has 0 spiro atoms. The third kappa shape index (κ3) is 4.13. The van der Waals surface area contributed by atoms with E-state index in [1.54, 1.807) is 18.2 Å². The molecular formula is C14H20N2O3. The van der Waals surface area contributed by atoms with Crippen LogP contribution in [0.2, 0.25) is 0 Å².